The number of nitrogens with one attached hydrogen (secondary N) is 1. The van der Waals surface area contributed by atoms with Gasteiger partial charge in [-0.25, -0.2) is 9.18 Å². The average molecular weight is 432 g/mol. The maximum atomic E-state index is 13.5. The van der Waals surface area contributed by atoms with Crippen molar-refractivity contribution >= 4 is 17.7 Å². The van der Waals surface area contributed by atoms with Crippen LogP contribution in [-0.4, -0.2) is 21.8 Å². The Morgan fingerprint density at radius 2 is 1.97 bits per heavy atom. The fourth-order valence-electron chi connectivity index (χ4n) is 2.89. The summed E-state index contributed by atoms with van der Waals surface area (Å²) >= 11 is 5.92. The molecule has 30 heavy (non-hydrogen) atoms. The van der Waals surface area contributed by atoms with E-state index in [0.29, 0.717) is 12.2 Å². The summed E-state index contributed by atoms with van der Waals surface area (Å²) in [6.45, 7) is 7.07. The first-order valence-electron chi connectivity index (χ1n) is 9.45. The number of carbonyl (C=O) groups excluding carboxylic acids is 1. The van der Waals surface area contributed by atoms with Crippen molar-refractivity contribution in [1.29, 1.82) is 0 Å². The van der Waals surface area contributed by atoms with Crippen molar-refractivity contribution in [3.63, 3.8) is 0 Å². The van der Waals surface area contributed by atoms with Gasteiger partial charge in [-0.05, 0) is 56.5 Å². The summed E-state index contributed by atoms with van der Waals surface area (Å²) in [5.41, 5.74) is 1.92. The number of hydrogen-bond donors (Lipinski definition) is 1. The van der Waals surface area contributed by atoms with Gasteiger partial charge < -0.3 is 14.6 Å². The maximum absolute atomic E-state index is 13.5. The van der Waals surface area contributed by atoms with Gasteiger partial charge in [-0.1, -0.05) is 47.1 Å². The Kier molecular flexibility index (Phi) is 6.41. The van der Waals surface area contributed by atoms with Crippen molar-refractivity contribution in [2.45, 2.75) is 45.8 Å². The molecule has 1 heterocycles. The third kappa shape index (κ3) is 5.79. The molecule has 0 aliphatic carbocycles. The Morgan fingerprint density at radius 3 is 2.60 bits per heavy atom. The highest BCUT2D eigenvalue weighted by molar-refractivity contribution is 6.31. The largest absolute Gasteiger partial charge is 0.444 e. The van der Waals surface area contributed by atoms with Gasteiger partial charge in [0.05, 0.1) is 5.02 Å². The minimum atomic E-state index is -0.638. The van der Waals surface area contributed by atoms with Gasteiger partial charge in [0.15, 0.2) is 5.82 Å². The standard InChI is InChI=1S/C22H23ClFN3O3/c1-13-25-20(30-27-13)19(26-21(28)29-22(2,3)4)11-14-6-5-7-15(10-14)16-8-9-18(24)17(23)12-16/h5-10,12,19H,11H2,1-4H3,(H,26,28)/t19-/m1/s1. The topological polar surface area (TPSA) is 77.2 Å². The SMILES string of the molecule is Cc1noc([C@@H](Cc2cccc(-c3ccc(F)c(Cl)c3)c2)NC(=O)OC(C)(C)C)n1. The molecule has 1 atom stereocenters. The quantitative estimate of drug-likeness (QED) is 0.565. The summed E-state index contributed by atoms with van der Waals surface area (Å²) in [6, 6.07) is 11.6. The summed E-state index contributed by atoms with van der Waals surface area (Å²) in [5, 5.41) is 6.67. The molecule has 0 fully saturated rings. The van der Waals surface area contributed by atoms with Gasteiger partial charge in [0, 0.05) is 6.42 Å². The minimum Gasteiger partial charge on any atom is -0.444 e. The van der Waals surface area contributed by atoms with Crippen molar-refractivity contribution < 1.29 is 18.4 Å². The lowest BCUT2D eigenvalue weighted by atomic mass is 9.99. The first-order chi connectivity index (χ1) is 14.1. The molecule has 1 aromatic heterocycles. The van der Waals surface area contributed by atoms with Crippen LogP contribution in [-0.2, 0) is 11.2 Å². The van der Waals surface area contributed by atoms with Gasteiger partial charge in [-0.15, -0.1) is 0 Å². The van der Waals surface area contributed by atoms with Gasteiger partial charge in [-0.3, -0.25) is 0 Å². The molecule has 2 aromatic carbocycles. The number of aromatic nitrogens is 2. The maximum Gasteiger partial charge on any atom is 0.408 e. The third-order valence-corrected chi connectivity index (χ3v) is 4.44. The second-order valence-electron chi connectivity index (χ2n) is 7.91. The van der Waals surface area contributed by atoms with Crippen LogP contribution >= 0.6 is 11.6 Å². The normalized spacial score (nSPS) is 12.5. The van der Waals surface area contributed by atoms with Gasteiger partial charge in [0.25, 0.3) is 0 Å². The molecule has 0 unspecified atom stereocenters. The van der Waals surface area contributed by atoms with Crippen LogP contribution < -0.4 is 5.32 Å². The highest BCUT2D eigenvalue weighted by Gasteiger charge is 2.24. The van der Waals surface area contributed by atoms with Crippen molar-refractivity contribution in [1.82, 2.24) is 15.5 Å². The number of alkyl carbamates (subject to hydrolysis) is 1. The number of ether oxygens (including phenoxy) is 1. The Balaban J connectivity index is 1.85. The Hall–Kier alpha value is -2.93. The molecule has 3 rings (SSSR count). The lowest BCUT2D eigenvalue weighted by Crippen LogP contribution is -2.36. The molecule has 1 N–H and O–H groups in total. The number of benzene rings is 2. The smallest absolute Gasteiger partial charge is 0.408 e. The zero-order valence-electron chi connectivity index (χ0n) is 17.2. The number of carbonyl (C=O) groups is 1. The lowest BCUT2D eigenvalue weighted by molar-refractivity contribution is 0.0493. The highest BCUT2D eigenvalue weighted by atomic mass is 35.5. The molecular formula is C22H23ClFN3O3. The third-order valence-electron chi connectivity index (χ3n) is 4.15. The number of aryl methyl sites for hydroxylation is 1. The molecule has 0 saturated carbocycles. The molecule has 0 spiro atoms. The summed E-state index contributed by atoms with van der Waals surface area (Å²) in [4.78, 5) is 16.6. The molecule has 0 aliphatic rings. The molecular weight excluding hydrogens is 409 g/mol. The first-order valence-corrected chi connectivity index (χ1v) is 9.82. The summed E-state index contributed by atoms with van der Waals surface area (Å²) < 4.78 is 24.1. The Bertz CT molecular complexity index is 1050. The lowest BCUT2D eigenvalue weighted by Gasteiger charge is -2.22. The van der Waals surface area contributed by atoms with Crippen LogP contribution in [0.15, 0.2) is 47.0 Å². The van der Waals surface area contributed by atoms with Crippen molar-refractivity contribution in [2.75, 3.05) is 0 Å². The van der Waals surface area contributed by atoms with Crippen LogP contribution in [0, 0.1) is 12.7 Å². The van der Waals surface area contributed by atoms with Crippen LogP contribution in [0.2, 0.25) is 5.02 Å². The first kappa shape index (κ1) is 21.8. The van der Waals surface area contributed by atoms with E-state index in [4.69, 9.17) is 20.9 Å². The van der Waals surface area contributed by atoms with Crippen molar-refractivity contribution in [2.24, 2.45) is 0 Å². The predicted octanol–water partition coefficient (Wildman–Crippen LogP) is 5.65. The van der Waals surface area contributed by atoms with Gasteiger partial charge >= 0.3 is 6.09 Å². The van der Waals surface area contributed by atoms with Crippen LogP contribution in [0.25, 0.3) is 11.1 Å². The fourth-order valence-corrected chi connectivity index (χ4v) is 3.07. The minimum absolute atomic E-state index is 0.0590. The Morgan fingerprint density at radius 1 is 1.23 bits per heavy atom. The second-order valence-corrected chi connectivity index (χ2v) is 8.32. The summed E-state index contributed by atoms with van der Waals surface area (Å²) in [6.07, 6.45) is -0.186. The van der Waals surface area contributed by atoms with Gasteiger partial charge in [0.2, 0.25) is 5.89 Å². The van der Waals surface area contributed by atoms with E-state index in [9.17, 15) is 9.18 Å². The predicted molar refractivity (Wildman–Crippen MR) is 112 cm³/mol. The van der Waals surface area contributed by atoms with E-state index in [2.05, 4.69) is 15.5 Å². The van der Waals surface area contributed by atoms with E-state index in [1.807, 2.05) is 24.3 Å². The van der Waals surface area contributed by atoms with Crippen molar-refractivity contribution in [3.8, 4) is 11.1 Å². The zero-order valence-corrected chi connectivity index (χ0v) is 18.0. The van der Waals surface area contributed by atoms with Crippen LogP contribution in [0.1, 0.15) is 44.1 Å². The number of rotatable bonds is 5. The molecule has 6 nitrogen and oxygen atoms in total. The Labute approximate surface area is 179 Å². The monoisotopic (exact) mass is 431 g/mol. The molecule has 158 valence electrons. The fraction of sp³-hybridized carbons (Fsp3) is 0.318. The zero-order chi connectivity index (χ0) is 21.9. The van der Waals surface area contributed by atoms with Crippen LogP contribution in [0.3, 0.4) is 0 Å². The highest BCUT2D eigenvalue weighted by Crippen LogP contribution is 2.27. The van der Waals surface area contributed by atoms with E-state index < -0.39 is 23.6 Å². The van der Waals surface area contributed by atoms with E-state index in [1.165, 1.54) is 6.07 Å². The molecule has 1 amide bonds. The molecule has 3 aromatic rings. The average Bonchev–Trinajstić information content (AvgIpc) is 3.08. The second kappa shape index (κ2) is 8.83. The van der Waals surface area contributed by atoms with Crippen LogP contribution in [0.4, 0.5) is 9.18 Å². The molecule has 8 heteroatoms. The van der Waals surface area contributed by atoms with E-state index in [0.717, 1.165) is 16.7 Å². The summed E-state index contributed by atoms with van der Waals surface area (Å²) in [7, 11) is 0. The van der Waals surface area contributed by atoms with E-state index in [-0.39, 0.29) is 10.9 Å². The molecule has 0 bridgehead atoms. The summed E-state index contributed by atoms with van der Waals surface area (Å²) in [5.74, 6) is 0.286. The van der Waals surface area contributed by atoms with Crippen molar-refractivity contribution in [3.05, 3.63) is 70.6 Å². The molecule has 0 aliphatic heterocycles. The van der Waals surface area contributed by atoms with E-state index in [1.54, 1.807) is 39.8 Å². The number of amides is 1. The molecule has 0 saturated heterocycles. The number of nitrogens with zero attached hydrogens (tertiary/aromatic N) is 2. The van der Waals surface area contributed by atoms with E-state index >= 15 is 0 Å². The van der Waals surface area contributed by atoms with Gasteiger partial charge in [-0.2, -0.15) is 4.98 Å². The number of halogens is 2. The number of hydrogen-bond acceptors (Lipinski definition) is 5. The van der Waals surface area contributed by atoms with Crippen LogP contribution in [0.5, 0.6) is 0 Å². The molecule has 0 radical (unpaired) electrons. The van der Waals surface area contributed by atoms with Gasteiger partial charge in [0.1, 0.15) is 17.5 Å².